The summed E-state index contributed by atoms with van der Waals surface area (Å²) in [5, 5.41) is 0. The lowest BCUT2D eigenvalue weighted by molar-refractivity contribution is 0.162. The van der Waals surface area contributed by atoms with Crippen molar-refractivity contribution in [2.45, 2.75) is 13.8 Å². The third-order valence-corrected chi connectivity index (χ3v) is 0.904. The standard InChI is InChI=1S/C4H5N.C4H10O/c1-2-4-5-3-1;1-3-5-4-2/h1-5H;3-4H2,1-2H3. The van der Waals surface area contributed by atoms with Gasteiger partial charge >= 0.3 is 0 Å². The van der Waals surface area contributed by atoms with Crippen molar-refractivity contribution in [3.63, 3.8) is 0 Å². The summed E-state index contributed by atoms with van der Waals surface area (Å²) in [6.07, 6.45) is 3.75. The summed E-state index contributed by atoms with van der Waals surface area (Å²) in [6.45, 7) is 5.67. The molecule has 0 saturated carbocycles. The smallest absolute Gasteiger partial charge is 0.0437 e. The van der Waals surface area contributed by atoms with Crippen molar-refractivity contribution < 1.29 is 4.74 Å². The average molecular weight is 141 g/mol. The van der Waals surface area contributed by atoms with Crippen LogP contribution in [0.5, 0.6) is 0 Å². The molecule has 1 rings (SSSR count). The lowest BCUT2D eigenvalue weighted by atomic mass is 10.7. The van der Waals surface area contributed by atoms with Crippen LogP contribution in [0.1, 0.15) is 13.8 Å². The minimum absolute atomic E-state index is 0.844. The van der Waals surface area contributed by atoms with E-state index in [1.165, 1.54) is 0 Å². The summed E-state index contributed by atoms with van der Waals surface area (Å²) in [6, 6.07) is 3.89. The summed E-state index contributed by atoms with van der Waals surface area (Å²) in [4.78, 5) is 2.86. The maximum Gasteiger partial charge on any atom is 0.0437 e. The molecule has 0 aromatic carbocycles. The van der Waals surface area contributed by atoms with Gasteiger partial charge in [-0.15, -0.1) is 0 Å². The predicted molar refractivity (Wildman–Crippen MR) is 43.0 cm³/mol. The number of aromatic amines is 1. The monoisotopic (exact) mass is 141 g/mol. The Hall–Kier alpha value is -0.760. The molecule has 0 aliphatic rings. The first kappa shape index (κ1) is 9.24. The lowest BCUT2D eigenvalue weighted by Crippen LogP contribution is -1.84. The van der Waals surface area contributed by atoms with Crippen LogP contribution in [0.3, 0.4) is 0 Å². The Kier molecular flexibility index (Phi) is 7.61. The van der Waals surface area contributed by atoms with Crippen molar-refractivity contribution in [2.24, 2.45) is 0 Å². The highest BCUT2D eigenvalue weighted by Gasteiger charge is 1.64. The maximum atomic E-state index is 4.83. The summed E-state index contributed by atoms with van der Waals surface area (Å²) >= 11 is 0. The number of rotatable bonds is 2. The summed E-state index contributed by atoms with van der Waals surface area (Å²) in [5.41, 5.74) is 0. The first-order valence-electron chi connectivity index (χ1n) is 3.57. The van der Waals surface area contributed by atoms with Gasteiger partial charge in [0.15, 0.2) is 0 Å². The average Bonchev–Trinajstić information content (AvgIpc) is 2.44. The number of ether oxygens (including phenoxy) is 1. The first-order valence-corrected chi connectivity index (χ1v) is 3.57. The Morgan fingerprint density at radius 2 is 1.60 bits per heavy atom. The van der Waals surface area contributed by atoms with Crippen molar-refractivity contribution >= 4 is 0 Å². The Morgan fingerprint density at radius 1 is 1.10 bits per heavy atom. The van der Waals surface area contributed by atoms with Gasteiger partial charge in [-0.05, 0) is 26.0 Å². The molecule has 10 heavy (non-hydrogen) atoms. The Bertz CT molecular complexity index is 95.6. The molecule has 1 aromatic rings. The summed E-state index contributed by atoms with van der Waals surface area (Å²) in [5.74, 6) is 0. The SMILES string of the molecule is CCOCC.c1cc[nH]c1. The fourth-order valence-corrected chi connectivity index (χ4v) is 0.482. The maximum absolute atomic E-state index is 4.83. The highest BCUT2D eigenvalue weighted by Crippen LogP contribution is 1.72. The van der Waals surface area contributed by atoms with Crippen LogP contribution in [-0.2, 0) is 4.74 Å². The van der Waals surface area contributed by atoms with Crippen LogP contribution >= 0.6 is 0 Å². The molecule has 1 aromatic heterocycles. The molecule has 0 amide bonds. The second kappa shape index (κ2) is 8.24. The minimum Gasteiger partial charge on any atom is -0.382 e. The molecule has 1 heterocycles. The molecule has 0 aliphatic heterocycles. The Labute approximate surface area is 62.2 Å². The largest absolute Gasteiger partial charge is 0.382 e. The van der Waals surface area contributed by atoms with E-state index in [2.05, 4.69) is 4.98 Å². The Balaban J connectivity index is 0.000000162. The normalized spacial score (nSPS) is 8.20. The van der Waals surface area contributed by atoms with Crippen LogP contribution in [0.25, 0.3) is 0 Å². The number of H-pyrrole nitrogens is 1. The molecule has 0 unspecified atom stereocenters. The van der Waals surface area contributed by atoms with Gasteiger partial charge < -0.3 is 9.72 Å². The highest BCUT2D eigenvalue weighted by molar-refractivity contribution is 4.84. The molecular weight excluding hydrogens is 126 g/mol. The highest BCUT2D eigenvalue weighted by atomic mass is 16.5. The molecule has 2 heteroatoms. The number of hydrogen-bond acceptors (Lipinski definition) is 1. The lowest BCUT2D eigenvalue weighted by Gasteiger charge is -1.86. The molecule has 0 bridgehead atoms. The molecule has 0 spiro atoms. The van der Waals surface area contributed by atoms with Crippen molar-refractivity contribution in [3.05, 3.63) is 24.5 Å². The molecule has 58 valence electrons. The van der Waals surface area contributed by atoms with Crippen molar-refractivity contribution in [3.8, 4) is 0 Å². The second-order valence-corrected chi connectivity index (χ2v) is 1.67. The predicted octanol–water partition coefficient (Wildman–Crippen LogP) is 2.06. The number of hydrogen-bond donors (Lipinski definition) is 1. The van der Waals surface area contributed by atoms with Crippen LogP contribution < -0.4 is 0 Å². The van der Waals surface area contributed by atoms with E-state index in [1.807, 2.05) is 38.4 Å². The van der Waals surface area contributed by atoms with Gasteiger partial charge in [-0.25, -0.2) is 0 Å². The van der Waals surface area contributed by atoms with E-state index in [-0.39, 0.29) is 0 Å². The number of nitrogens with one attached hydrogen (secondary N) is 1. The zero-order valence-electron chi connectivity index (χ0n) is 6.63. The Morgan fingerprint density at radius 3 is 1.70 bits per heavy atom. The van der Waals surface area contributed by atoms with E-state index < -0.39 is 0 Å². The van der Waals surface area contributed by atoms with Crippen LogP contribution in [-0.4, -0.2) is 18.2 Å². The molecule has 0 atom stereocenters. The van der Waals surface area contributed by atoms with Gasteiger partial charge in [0, 0.05) is 25.6 Å². The fraction of sp³-hybridized carbons (Fsp3) is 0.500. The van der Waals surface area contributed by atoms with E-state index in [9.17, 15) is 0 Å². The van der Waals surface area contributed by atoms with Crippen molar-refractivity contribution in [1.82, 2.24) is 4.98 Å². The summed E-state index contributed by atoms with van der Waals surface area (Å²) in [7, 11) is 0. The van der Waals surface area contributed by atoms with E-state index in [1.54, 1.807) is 0 Å². The van der Waals surface area contributed by atoms with Crippen molar-refractivity contribution in [1.29, 1.82) is 0 Å². The zero-order valence-corrected chi connectivity index (χ0v) is 6.63. The van der Waals surface area contributed by atoms with E-state index in [0.29, 0.717) is 0 Å². The van der Waals surface area contributed by atoms with Gasteiger partial charge in [-0.1, -0.05) is 0 Å². The van der Waals surface area contributed by atoms with E-state index in [0.717, 1.165) is 13.2 Å². The van der Waals surface area contributed by atoms with Gasteiger partial charge in [-0.2, -0.15) is 0 Å². The fourth-order valence-electron chi connectivity index (χ4n) is 0.482. The van der Waals surface area contributed by atoms with Gasteiger partial charge in [0.25, 0.3) is 0 Å². The quantitative estimate of drug-likeness (QED) is 0.670. The van der Waals surface area contributed by atoms with Gasteiger partial charge in [0.2, 0.25) is 0 Å². The zero-order chi connectivity index (χ0) is 7.66. The van der Waals surface area contributed by atoms with E-state index >= 15 is 0 Å². The minimum atomic E-state index is 0.844. The van der Waals surface area contributed by atoms with Gasteiger partial charge in [0.1, 0.15) is 0 Å². The van der Waals surface area contributed by atoms with Crippen LogP contribution in [0, 0.1) is 0 Å². The van der Waals surface area contributed by atoms with Crippen LogP contribution in [0.15, 0.2) is 24.5 Å². The first-order chi connectivity index (χ1) is 4.91. The molecule has 0 radical (unpaired) electrons. The topological polar surface area (TPSA) is 25.0 Å². The third kappa shape index (κ3) is 7.24. The molecule has 0 fully saturated rings. The molecule has 2 nitrogen and oxygen atoms in total. The molecule has 0 aliphatic carbocycles. The van der Waals surface area contributed by atoms with Crippen molar-refractivity contribution in [2.75, 3.05) is 13.2 Å². The van der Waals surface area contributed by atoms with E-state index in [4.69, 9.17) is 4.74 Å². The molecular formula is C8H15NO. The van der Waals surface area contributed by atoms with Gasteiger partial charge in [-0.3, -0.25) is 0 Å². The second-order valence-electron chi connectivity index (χ2n) is 1.67. The van der Waals surface area contributed by atoms with Gasteiger partial charge in [0.05, 0.1) is 0 Å². The summed E-state index contributed by atoms with van der Waals surface area (Å²) < 4.78 is 4.83. The molecule has 1 N–H and O–H groups in total. The van der Waals surface area contributed by atoms with Crippen LogP contribution in [0.2, 0.25) is 0 Å². The third-order valence-electron chi connectivity index (χ3n) is 0.904. The molecule has 0 saturated heterocycles. The number of aromatic nitrogens is 1. The van der Waals surface area contributed by atoms with Crippen LogP contribution in [0.4, 0.5) is 0 Å².